The molecule has 88 valence electrons. The fourth-order valence-electron chi connectivity index (χ4n) is 2.03. The monoisotopic (exact) mass is 298 g/mol. The van der Waals surface area contributed by atoms with Crippen molar-refractivity contribution in [3.8, 4) is 11.3 Å². The minimum absolute atomic E-state index is 0.630. The van der Waals surface area contributed by atoms with Gasteiger partial charge in [0.2, 0.25) is 0 Å². The summed E-state index contributed by atoms with van der Waals surface area (Å²) in [6.07, 6.45) is 0. The summed E-state index contributed by atoms with van der Waals surface area (Å²) in [5.74, 6) is 0. The maximum absolute atomic E-state index is 4.42. The second-order valence-corrected chi connectivity index (χ2v) is 4.93. The standard InChI is InChI=1S/C15H11BrN2/c1-10-8-14(18-15(16)17-10)13-7-6-11-4-2-3-5-12(11)9-13/h2-9H,1H3. The highest BCUT2D eigenvalue weighted by Crippen LogP contribution is 2.24. The van der Waals surface area contributed by atoms with E-state index in [-0.39, 0.29) is 0 Å². The molecular weight excluding hydrogens is 288 g/mol. The van der Waals surface area contributed by atoms with Crippen LogP contribution in [0.2, 0.25) is 0 Å². The summed E-state index contributed by atoms with van der Waals surface area (Å²) in [6.45, 7) is 1.97. The molecule has 0 spiro atoms. The number of aromatic nitrogens is 2. The minimum atomic E-state index is 0.630. The van der Waals surface area contributed by atoms with Crippen LogP contribution in [0.3, 0.4) is 0 Å². The Hall–Kier alpha value is -1.74. The van der Waals surface area contributed by atoms with E-state index in [1.165, 1.54) is 10.8 Å². The summed E-state index contributed by atoms with van der Waals surface area (Å²) >= 11 is 3.34. The van der Waals surface area contributed by atoms with Gasteiger partial charge in [-0.2, -0.15) is 0 Å². The SMILES string of the molecule is Cc1cc(-c2ccc3ccccc3c2)nc(Br)n1. The zero-order valence-corrected chi connectivity index (χ0v) is 11.5. The molecule has 0 radical (unpaired) electrons. The van der Waals surface area contributed by atoms with Crippen LogP contribution in [0.4, 0.5) is 0 Å². The van der Waals surface area contributed by atoms with E-state index in [1.807, 2.05) is 25.1 Å². The molecule has 3 heteroatoms. The number of fused-ring (bicyclic) bond motifs is 1. The first-order valence-corrected chi connectivity index (χ1v) is 6.52. The highest BCUT2D eigenvalue weighted by Gasteiger charge is 2.03. The van der Waals surface area contributed by atoms with Crippen LogP contribution in [-0.2, 0) is 0 Å². The van der Waals surface area contributed by atoms with Gasteiger partial charge in [0.25, 0.3) is 0 Å². The van der Waals surface area contributed by atoms with Crippen molar-refractivity contribution in [3.63, 3.8) is 0 Å². The van der Waals surface area contributed by atoms with Crippen LogP contribution in [-0.4, -0.2) is 9.97 Å². The van der Waals surface area contributed by atoms with Gasteiger partial charge in [-0.1, -0.05) is 36.4 Å². The third kappa shape index (κ3) is 2.14. The van der Waals surface area contributed by atoms with E-state index < -0.39 is 0 Å². The fourth-order valence-corrected chi connectivity index (χ4v) is 2.50. The Labute approximate surface area is 114 Å². The lowest BCUT2D eigenvalue weighted by Gasteiger charge is -2.04. The number of halogens is 1. The molecule has 3 aromatic rings. The molecule has 0 atom stereocenters. The van der Waals surface area contributed by atoms with E-state index in [0.29, 0.717) is 4.73 Å². The molecule has 3 rings (SSSR count). The van der Waals surface area contributed by atoms with Crippen LogP contribution in [0.25, 0.3) is 22.0 Å². The molecule has 2 aromatic carbocycles. The van der Waals surface area contributed by atoms with E-state index >= 15 is 0 Å². The molecule has 2 nitrogen and oxygen atoms in total. The maximum atomic E-state index is 4.42. The molecular formula is C15H11BrN2. The van der Waals surface area contributed by atoms with Crippen molar-refractivity contribution in [3.05, 3.63) is 59.0 Å². The van der Waals surface area contributed by atoms with E-state index in [2.05, 4.69) is 56.2 Å². The highest BCUT2D eigenvalue weighted by atomic mass is 79.9. The average molecular weight is 299 g/mol. The van der Waals surface area contributed by atoms with Gasteiger partial charge in [0.1, 0.15) is 0 Å². The number of rotatable bonds is 1. The zero-order valence-electron chi connectivity index (χ0n) is 9.89. The highest BCUT2D eigenvalue weighted by molar-refractivity contribution is 9.10. The molecule has 0 saturated carbocycles. The number of hydrogen-bond acceptors (Lipinski definition) is 2. The van der Waals surface area contributed by atoms with Crippen molar-refractivity contribution in [2.45, 2.75) is 6.92 Å². The van der Waals surface area contributed by atoms with Gasteiger partial charge in [0.15, 0.2) is 4.73 Å². The molecule has 0 amide bonds. The normalized spacial score (nSPS) is 10.8. The first kappa shape index (κ1) is 11.4. The third-order valence-electron chi connectivity index (χ3n) is 2.87. The Morgan fingerprint density at radius 3 is 2.44 bits per heavy atom. The minimum Gasteiger partial charge on any atom is -0.227 e. The van der Waals surface area contributed by atoms with Crippen LogP contribution in [0.15, 0.2) is 53.3 Å². The molecule has 0 saturated heterocycles. The summed E-state index contributed by atoms with van der Waals surface area (Å²) in [7, 11) is 0. The van der Waals surface area contributed by atoms with Gasteiger partial charge in [-0.05, 0) is 45.8 Å². The second-order valence-electron chi connectivity index (χ2n) is 4.23. The number of nitrogens with zero attached hydrogens (tertiary/aromatic N) is 2. The third-order valence-corrected chi connectivity index (χ3v) is 3.23. The van der Waals surface area contributed by atoms with Crippen LogP contribution < -0.4 is 0 Å². The average Bonchev–Trinajstić information content (AvgIpc) is 2.37. The number of hydrogen-bond donors (Lipinski definition) is 0. The quantitative estimate of drug-likeness (QED) is 0.624. The summed E-state index contributed by atoms with van der Waals surface area (Å²) < 4.78 is 0.630. The van der Waals surface area contributed by atoms with Crippen LogP contribution in [0.1, 0.15) is 5.69 Å². The van der Waals surface area contributed by atoms with Crippen LogP contribution in [0.5, 0.6) is 0 Å². The van der Waals surface area contributed by atoms with Gasteiger partial charge in [0.05, 0.1) is 5.69 Å². The smallest absolute Gasteiger partial charge is 0.197 e. The van der Waals surface area contributed by atoms with Crippen molar-refractivity contribution in [2.75, 3.05) is 0 Å². The molecule has 0 aliphatic rings. The van der Waals surface area contributed by atoms with Crippen molar-refractivity contribution >= 4 is 26.7 Å². The predicted octanol–water partition coefficient (Wildman–Crippen LogP) is 4.37. The zero-order chi connectivity index (χ0) is 12.5. The van der Waals surface area contributed by atoms with Gasteiger partial charge >= 0.3 is 0 Å². The summed E-state index contributed by atoms with van der Waals surface area (Å²) in [5, 5.41) is 2.47. The first-order valence-electron chi connectivity index (χ1n) is 5.73. The lowest BCUT2D eigenvalue weighted by molar-refractivity contribution is 1.06. The first-order chi connectivity index (χ1) is 8.72. The number of benzene rings is 2. The van der Waals surface area contributed by atoms with E-state index in [4.69, 9.17) is 0 Å². The Kier molecular flexibility index (Phi) is 2.84. The Morgan fingerprint density at radius 2 is 1.67 bits per heavy atom. The van der Waals surface area contributed by atoms with Gasteiger partial charge < -0.3 is 0 Å². The van der Waals surface area contributed by atoms with Crippen molar-refractivity contribution in [2.24, 2.45) is 0 Å². The molecule has 0 unspecified atom stereocenters. The van der Waals surface area contributed by atoms with Crippen molar-refractivity contribution in [1.82, 2.24) is 9.97 Å². The molecule has 1 aromatic heterocycles. The molecule has 0 fully saturated rings. The summed E-state index contributed by atoms with van der Waals surface area (Å²) in [5.41, 5.74) is 3.01. The van der Waals surface area contributed by atoms with E-state index in [9.17, 15) is 0 Å². The Morgan fingerprint density at radius 1 is 0.889 bits per heavy atom. The Balaban J connectivity index is 2.19. The largest absolute Gasteiger partial charge is 0.227 e. The predicted molar refractivity (Wildman–Crippen MR) is 77.4 cm³/mol. The van der Waals surface area contributed by atoms with Gasteiger partial charge in [0, 0.05) is 11.3 Å². The summed E-state index contributed by atoms with van der Waals surface area (Å²) in [4.78, 5) is 8.64. The topological polar surface area (TPSA) is 25.8 Å². The van der Waals surface area contributed by atoms with Crippen LogP contribution >= 0.6 is 15.9 Å². The van der Waals surface area contributed by atoms with Crippen LogP contribution in [0, 0.1) is 6.92 Å². The molecule has 1 heterocycles. The Bertz CT molecular complexity index is 702. The van der Waals surface area contributed by atoms with Gasteiger partial charge in [-0.25, -0.2) is 9.97 Å². The summed E-state index contributed by atoms with van der Waals surface area (Å²) in [6, 6.07) is 16.7. The van der Waals surface area contributed by atoms with E-state index in [1.54, 1.807) is 0 Å². The van der Waals surface area contributed by atoms with Gasteiger partial charge in [-0.3, -0.25) is 0 Å². The lowest BCUT2D eigenvalue weighted by atomic mass is 10.0. The molecule has 0 aliphatic heterocycles. The lowest BCUT2D eigenvalue weighted by Crippen LogP contribution is -1.90. The van der Waals surface area contributed by atoms with Crippen molar-refractivity contribution < 1.29 is 0 Å². The second kappa shape index (κ2) is 4.50. The van der Waals surface area contributed by atoms with Gasteiger partial charge in [-0.15, -0.1) is 0 Å². The maximum Gasteiger partial charge on any atom is 0.197 e. The van der Waals surface area contributed by atoms with Crippen molar-refractivity contribution in [1.29, 1.82) is 0 Å². The number of aryl methyl sites for hydroxylation is 1. The molecule has 18 heavy (non-hydrogen) atoms. The molecule has 0 bridgehead atoms. The van der Waals surface area contributed by atoms with E-state index in [0.717, 1.165) is 17.0 Å². The fraction of sp³-hybridized carbons (Fsp3) is 0.0667. The molecule has 0 N–H and O–H groups in total. The molecule has 0 aliphatic carbocycles.